The second-order valence-electron chi connectivity index (χ2n) is 5.34. The van der Waals surface area contributed by atoms with Crippen molar-refractivity contribution in [2.24, 2.45) is 0 Å². The van der Waals surface area contributed by atoms with Gasteiger partial charge in [-0.15, -0.1) is 0 Å². The number of pyridine rings is 1. The lowest BCUT2D eigenvalue weighted by Crippen LogP contribution is -2.38. The van der Waals surface area contributed by atoms with Gasteiger partial charge in [0.1, 0.15) is 5.69 Å². The van der Waals surface area contributed by atoms with Crippen molar-refractivity contribution in [2.75, 3.05) is 31.2 Å². The zero-order valence-electron chi connectivity index (χ0n) is 13.0. The third-order valence-electron chi connectivity index (χ3n) is 3.54. The molecule has 1 N–H and O–H groups in total. The first kappa shape index (κ1) is 15.4. The highest BCUT2D eigenvalue weighted by molar-refractivity contribution is 5.92. The topological polar surface area (TPSA) is 80.2 Å². The van der Waals surface area contributed by atoms with Gasteiger partial charge in [-0.2, -0.15) is 0 Å². The largest absolute Gasteiger partial charge is 0.378 e. The minimum Gasteiger partial charge on any atom is -0.378 e. The standard InChI is InChI=1S/C16H19N5O2/c1-12-9-14(15(22)18-11-13-3-2-4-17-10-13)20-16(19-12)21-5-7-23-8-6-21/h2-4,9-10H,5-8,11H2,1H3,(H,18,22). The van der Waals surface area contributed by atoms with Crippen molar-refractivity contribution in [3.63, 3.8) is 0 Å². The summed E-state index contributed by atoms with van der Waals surface area (Å²) in [6.07, 6.45) is 3.43. The molecule has 0 saturated carbocycles. The van der Waals surface area contributed by atoms with E-state index >= 15 is 0 Å². The van der Waals surface area contributed by atoms with Gasteiger partial charge in [0.2, 0.25) is 5.95 Å². The van der Waals surface area contributed by atoms with Gasteiger partial charge in [-0.05, 0) is 24.6 Å². The summed E-state index contributed by atoms with van der Waals surface area (Å²) in [6.45, 7) is 5.06. The number of aromatic nitrogens is 3. The summed E-state index contributed by atoms with van der Waals surface area (Å²) in [5, 5.41) is 2.86. The number of nitrogens with one attached hydrogen (secondary N) is 1. The van der Waals surface area contributed by atoms with Crippen LogP contribution in [0.2, 0.25) is 0 Å². The number of amides is 1. The van der Waals surface area contributed by atoms with Crippen LogP contribution in [0.15, 0.2) is 30.6 Å². The molecule has 0 aromatic carbocycles. The van der Waals surface area contributed by atoms with Crippen LogP contribution in [0.1, 0.15) is 21.7 Å². The number of hydrogen-bond acceptors (Lipinski definition) is 6. The number of anilines is 1. The maximum Gasteiger partial charge on any atom is 0.270 e. The highest BCUT2D eigenvalue weighted by Gasteiger charge is 2.17. The smallest absolute Gasteiger partial charge is 0.270 e. The maximum absolute atomic E-state index is 12.3. The van der Waals surface area contributed by atoms with Crippen molar-refractivity contribution in [3.8, 4) is 0 Å². The molecular formula is C16H19N5O2. The molecule has 1 aliphatic rings. The van der Waals surface area contributed by atoms with Crippen molar-refractivity contribution in [3.05, 3.63) is 47.5 Å². The molecule has 0 bridgehead atoms. The minimum atomic E-state index is -0.214. The molecule has 2 aromatic rings. The maximum atomic E-state index is 12.3. The summed E-state index contributed by atoms with van der Waals surface area (Å²) >= 11 is 0. The van der Waals surface area contributed by atoms with Crippen molar-refractivity contribution in [1.29, 1.82) is 0 Å². The zero-order valence-corrected chi connectivity index (χ0v) is 13.0. The molecule has 3 heterocycles. The van der Waals surface area contributed by atoms with Crippen LogP contribution in [0.5, 0.6) is 0 Å². The van der Waals surface area contributed by atoms with E-state index in [1.54, 1.807) is 18.5 Å². The van der Waals surface area contributed by atoms with Gasteiger partial charge in [0.05, 0.1) is 13.2 Å². The highest BCUT2D eigenvalue weighted by Crippen LogP contribution is 2.12. The van der Waals surface area contributed by atoms with Crippen molar-refractivity contribution >= 4 is 11.9 Å². The lowest BCUT2D eigenvalue weighted by atomic mass is 10.2. The van der Waals surface area contributed by atoms with Gasteiger partial charge < -0.3 is 15.0 Å². The number of morpholine rings is 1. The van der Waals surface area contributed by atoms with Crippen molar-refractivity contribution in [1.82, 2.24) is 20.3 Å². The molecule has 0 radical (unpaired) electrons. The Kier molecular flexibility index (Phi) is 4.77. The van der Waals surface area contributed by atoms with Crippen LogP contribution < -0.4 is 10.2 Å². The molecule has 1 fully saturated rings. The summed E-state index contributed by atoms with van der Waals surface area (Å²) in [6, 6.07) is 5.45. The SMILES string of the molecule is Cc1cc(C(=O)NCc2cccnc2)nc(N2CCOCC2)n1. The third kappa shape index (κ3) is 4.01. The van der Waals surface area contributed by atoms with E-state index in [2.05, 4.69) is 20.3 Å². The Morgan fingerprint density at radius 1 is 1.35 bits per heavy atom. The Hall–Kier alpha value is -2.54. The molecule has 0 atom stereocenters. The lowest BCUT2D eigenvalue weighted by Gasteiger charge is -2.27. The molecule has 7 nitrogen and oxygen atoms in total. The molecule has 3 rings (SSSR count). The Morgan fingerprint density at radius 2 is 2.17 bits per heavy atom. The molecular weight excluding hydrogens is 294 g/mol. The van der Waals surface area contributed by atoms with Crippen molar-refractivity contribution < 1.29 is 9.53 Å². The molecule has 0 spiro atoms. The number of carbonyl (C=O) groups is 1. The summed E-state index contributed by atoms with van der Waals surface area (Å²) in [5.41, 5.74) is 2.09. The predicted octanol–water partition coefficient (Wildman–Crippen LogP) is 0.947. The van der Waals surface area contributed by atoms with Gasteiger partial charge >= 0.3 is 0 Å². The van der Waals surface area contributed by atoms with Crippen LogP contribution in [-0.4, -0.2) is 47.2 Å². The van der Waals surface area contributed by atoms with Crippen LogP contribution in [-0.2, 0) is 11.3 Å². The van der Waals surface area contributed by atoms with Crippen LogP contribution in [0.25, 0.3) is 0 Å². The molecule has 2 aromatic heterocycles. The predicted molar refractivity (Wildman–Crippen MR) is 85.2 cm³/mol. The first-order chi connectivity index (χ1) is 11.2. The average molecular weight is 313 g/mol. The summed E-state index contributed by atoms with van der Waals surface area (Å²) in [5.74, 6) is 0.369. The first-order valence-electron chi connectivity index (χ1n) is 7.58. The molecule has 1 amide bonds. The Bertz CT molecular complexity index is 671. The van der Waals surface area contributed by atoms with Crippen LogP contribution in [0.3, 0.4) is 0 Å². The quantitative estimate of drug-likeness (QED) is 0.905. The van der Waals surface area contributed by atoms with Gasteiger partial charge in [0, 0.05) is 37.7 Å². The second kappa shape index (κ2) is 7.15. The van der Waals surface area contributed by atoms with Gasteiger partial charge in [-0.25, -0.2) is 9.97 Å². The average Bonchev–Trinajstić information content (AvgIpc) is 2.61. The van der Waals surface area contributed by atoms with Gasteiger partial charge in [0.15, 0.2) is 0 Å². The zero-order chi connectivity index (χ0) is 16.1. The number of rotatable bonds is 4. The highest BCUT2D eigenvalue weighted by atomic mass is 16.5. The van der Waals surface area contributed by atoms with Crippen LogP contribution in [0, 0.1) is 6.92 Å². The van der Waals surface area contributed by atoms with E-state index in [1.807, 2.05) is 24.0 Å². The molecule has 23 heavy (non-hydrogen) atoms. The van der Waals surface area contributed by atoms with E-state index in [4.69, 9.17) is 4.74 Å². The summed E-state index contributed by atoms with van der Waals surface area (Å²) in [4.78, 5) is 27.2. The molecule has 120 valence electrons. The fourth-order valence-corrected chi connectivity index (χ4v) is 2.35. The number of ether oxygens (including phenoxy) is 1. The first-order valence-corrected chi connectivity index (χ1v) is 7.58. The van der Waals surface area contributed by atoms with E-state index in [9.17, 15) is 4.79 Å². The van der Waals surface area contributed by atoms with Crippen LogP contribution in [0.4, 0.5) is 5.95 Å². The number of hydrogen-bond donors (Lipinski definition) is 1. The normalized spacial score (nSPS) is 14.6. The molecule has 1 saturated heterocycles. The van der Waals surface area contributed by atoms with Crippen LogP contribution >= 0.6 is 0 Å². The fourth-order valence-electron chi connectivity index (χ4n) is 2.35. The molecule has 1 aliphatic heterocycles. The van der Waals surface area contributed by atoms with E-state index in [-0.39, 0.29) is 5.91 Å². The Labute approximate surface area is 134 Å². The van der Waals surface area contributed by atoms with E-state index in [1.165, 1.54) is 0 Å². The fraction of sp³-hybridized carbons (Fsp3) is 0.375. The van der Waals surface area contributed by atoms with Gasteiger partial charge in [0.25, 0.3) is 5.91 Å². The monoisotopic (exact) mass is 313 g/mol. The van der Waals surface area contributed by atoms with E-state index < -0.39 is 0 Å². The molecule has 0 aliphatic carbocycles. The van der Waals surface area contributed by atoms with E-state index in [0.29, 0.717) is 31.4 Å². The Morgan fingerprint density at radius 3 is 2.91 bits per heavy atom. The number of nitrogens with zero attached hydrogens (tertiary/aromatic N) is 4. The Balaban J connectivity index is 1.71. The molecule has 7 heteroatoms. The minimum absolute atomic E-state index is 0.214. The lowest BCUT2D eigenvalue weighted by molar-refractivity contribution is 0.0945. The van der Waals surface area contributed by atoms with E-state index in [0.717, 1.165) is 24.3 Å². The summed E-state index contributed by atoms with van der Waals surface area (Å²) in [7, 11) is 0. The van der Waals surface area contributed by atoms with Crippen molar-refractivity contribution in [2.45, 2.75) is 13.5 Å². The van der Waals surface area contributed by atoms with Gasteiger partial charge in [-0.1, -0.05) is 6.07 Å². The summed E-state index contributed by atoms with van der Waals surface area (Å²) < 4.78 is 5.33. The number of carbonyl (C=O) groups excluding carboxylic acids is 1. The molecule has 0 unspecified atom stereocenters. The van der Waals surface area contributed by atoms with Gasteiger partial charge in [-0.3, -0.25) is 9.78 Å². The number of aryl methyl sites for hydroxylation is 1. The third-order valence-corrected chi connectivity index (χ3v) is 3.54. The second-order valence-corrected chi connectivity index (χ2v) is 5.34.